The molecule has 1 aromatic heterocycles. The summed E-state index contributed by atoms with van der Waals surface area (Å²) >= 11 is 0. The minimum atomic E-state index is -0.547. The molecule has 24 heavy (non-hydrogen) atoms. The fraction of sp³-hybridized carbons (Fsp3) is 0.158. The molecule has 0 saturated heterocycles. The summed E-state index contributed by atoms with van der Waals surface area (Å²) < 4.78 is 1.46. The molecule has 1 atom stereocenters. The Kier molecular flexibility index (Phi) is 3.16. The molecule has 0 spiro atoms. The standard InChI is InChI=1S/C19H16N2O3/c1-12-18(23)21-16-8-7-15(22)9-14(16)10-17(21)19(24)20(12)11-13-5-3-2-4-6-13/h2-10,12,22H,11H2,1H3. The highest BCUT2D eigenvalue weighted by atomic mass is 16.3. The molecule has 5 nitrogen and oxygen atoms in total. The van der Waals surface area contributed by atoms with E-state index in [0.717, 1.165) is 5.56 Å². The number of aromatic hydroxyl groups is 1. The average Bonchev–Trinajstić information content (AvgIpc) is 2.96. The van der Waals surface area contributed by atoms with Crippen LogP contribution in [0.4, 0.5) is 0 Å². The second-order valence-electron chi connectivity index (χ2n) is 6.04. The first-order chi connectivity index (χ1) is 11.6. The van der Waals surface area contributed by atoms with Crippen LogP contribution in [0.5, 0.6) is 5.75 Å². The second-order valence-corrected chi connectivity index (χ2v) is 6.04. The number of rotatable bonds is 2. The summed E-state index contributed by atoms with van der Waals surface area (Å²) in [5.41, 5.74) is 1.97. The number of aromatic nitrogens is 1. The molecule has 0 aliphatic carbocycles. The number of amides is 1. The van der Waals surface area contributed by atoms with Crippen LogP contribution >= 0.6 is 0 Å². The predicted molar refractivity (Wildman–Crippen MR) is 90.0 cm³/mol. The fourth-order valence-electron chi connectivity index (χ4n) is 3.23. The van der Waals surface area contributed by atoms with Crippen LogP contribution in [-0.2, 0) is 6.54 Å². The van der Waals surface area contributed by atoms with Crippen LogP contribution in [0.25, 0.3) is 10.9 Å². The van der Waals surface area contributed by atoms with E-state index in [1.165, 1.54) is 10.6 Å². The summed E-state index contributed by atoms with van der Waals surface area (Å²) in [6, 6.07) is 15.5. The molecule has 3 aromatic rings. The van der Waals surface area contributed by atoms with Gasteiger partial charge in [0.25, 0.3) is 11.8 Å². The lowest BCUT2D eigenvalue weighted by Gasteiger charge is -2.33. The van der Waals surface area contributed by atoms with Crippen LogP contribution in [0.15, 0.2) is 54.6 Å². The second kappa shape index (κ2) is 5.23. The highest BCUT2D eigenvalue weighted by Crippen LogP contribution is 2.29. The maximum Gasteiger partial charge on any atom is 0.271 e. The van der Waals surface area contributed by atoms with E-state index in [4.69, 9.17) is 0 Å². The van der Waals surface area contributed by atoms with Gasteiger partial charge in [0, 0.05) is 11.9 Å². The maximum atomic E-state index is 12.9. The van der Waals surface area contributed by atoms with Crippen LogP contribution in [0.1, 0.15) is 27.8 Å². The van der Waals surface area contributed by atoms with Crippen molar-refractivity contribution in [2.45, 2.75) is 19.5 Å². The number of nitrogens with zero attached hydrogens (tertiary/aromatic N) is 2. The molecule has 2 aromatic carbocycles. The minimum Gasteiger partial charge on any atom is -0.508 e. The predicted octanol–water partition coefficient (Wildman–Crippen LogP) is 3.03. The number of fused-ring (bicyclic) bond motifs is 3. The van der Waals surface area contributed by atoms with Crippen LogP contribution in [0, 0.1) is 0 Å². The smallest absolute Gasteiger partial charge is 0.271 e. The number of phenols is 1. The van der Waals surface area contributed by atoms with Gasteiger partial charge in [0.15, 0.2) is 0 Å². The lowest BCUT2D eigenvalue weighted by atomic mass is 10.1. The molecule has 5 heteroatoms. The number of benzene rings is 2. The van der Waals surface area contributed by atoms with Gasteiger partial charge >= 0.3 is 0 Å². The summed E-state index contributed by atoms with van der Waals surface area (Å²) in [6.45, 7) is 2.14. The molecule has 1 unspecified atom stereocenters. The molecule has 1 aliphatic rings. The topological polar surface area (TPSA) is 62.5 Å². The van der Waals surface area contributed by atoms with Crippen molar-refractivity contribution < 1.29 is 14.7 Å². The van der Waals surface area contributed by atoms with Crippen molar-refractivity contribution in [2.24, 2.45) is 0 Å². The van der Waals surface area contributed by atoms with Crippen molar-refractivity contribution in [3.8, 4) is 5.75 Å². The molecule has 120 valence electrons. The van der Waals surface area contributed by atoms with Gasteiger partial charge in [0.05, 0.1) is 5.52 Å². The highest BCUT2D eigenvalue weighted by Gasteiger charge is 2.37. The number of carbonyl (C=O) groups is 2. The van der Waals surface area contributed by atoms with E-state index >= 15 is 0 Å². The Bertz CT molecular complexity index is 959. The summed E-state index contributed by atoms with van der Waals surface area (Å²) in [7, 11) is 0. The van der Waals surface area contributed by atoms with Crippen molar-refractivity contribution in [1.29, 1.82) is 0 Å². The van der Waals surface area contributed by atoms with Gasteiger partial charge in [0.1, 0.15) is 17.5 Å². The Hall–Kier alpha value is -3.08. The molecule has 1 N–H and O–H groups in total. The lowest BCUT2D eigenvalue weighted by molar-refractivity contribution is 0.0513. The van der Waals surface area contributed by atoms with E-state index in [2.05, 4.69) is 0 Å². The van der Waals surface area contributed by atoms with E-state index in [1.54, 1.807) is 30.0 Å². The molecule has 1 aliphatic heterocycles. The Balaban J connectivity index is 1.81. The van der Waals surface area contributed by atoms with Crippen LogP contribution < -0.4 is 0 Å². The zero-order valence-electron chi connectivity index (χ0n) is 13.1. The highest BCUT2D eigenvalue weighted by molar-refractivity contribution is 6.10. The first-order valence-corrected chi connectivity index (χ1v) is 7.80. The Morgan fingerprint density at radius 3 is 2.54 bits per heavy atom. The average molecular weight is 320 g/mol. The zero-order chi connectivity index (χ0) is 16.8. The third-order valence-corrected chi connectivity index (χ3v) is 4.51. The Labute approximate surface area is 138 Å². The number of carbonyl (C=O) groups excluding carboxylic acids is 2. The van der Waals surface area contributed by atoms with E-state index < -0.39 is 6.04 Å². The quantitative estimate of drug-likeness (QED) is 0.789. The summed E-state index contributed by atoms with van der Waals surface area (Å²) in [5, 5.41) is 10.3. The summed E-state index contributed by atoms with van der Waals surface area (Å²) in [6.07, 6.45) is 0. The first-order valence-electron chi connectivity index (χ1n) is 7.80. The van der Waals surface area contributed by atoms with Gasteiger partial charge in [0.2, 0.25) is 0 Å². The van der Waals surface area contributed by atoms with E-state index in [0.29, 0.717) is 23.1 Å². The molecule has 1 amide bonds. The molecular weight excluding hydrogens is 304 g/mol. The molecular formula is C19H16N2O3. The third kappa shape index (κ3) is 2.09. The van der Waals surface area contributed by atoms with Gasteiger partial charge in [-0.25, -0.2) is 0 Å². The molecule has 0 radical (unpaired) electrons. The first kappa shape index (κ1) is 14.5. The van der Waals surface area contributed by atoms with E-state index in [1.807, 2.05) is 30.3 Å². The van der Waals surface area contributed by atoms with Gasteiger partial charge in [-0.1, -0.05) is 30.3 Å². The fourth-order valence-corrected chi connectivity index (χ4v) is 3.23. The Morgan fingerprint density at radius 2 is 1.79 bits per heavy atom. The Morgan fingerprint density at radius 1 is 1.04 bits per heavy atom. The van der Waals surface area contributed by atoms with Crippen LogP contribution in [0.3, 0.4) is 0 Å². The molecule has 0 saturated carbocycles. The van der Waals surface area contributed by atoms with Crippen LogP contribution in [-0.4, -0.2) is 32.4 Å². The molecule has 0 bridgehead atoms. The van der Waals surface area contributed by atoms with Gasteiger partial charge in [-0.15, -0.1) is 0 Å². The zero-order valence-corrected chi connectivity index (χ0v) is 13.1. The largest absolute Gasteiger partial charge is 0.508 e. The van der Waals surface area contributed by atoms with E-state index in [-0.39, 0.29) is 17.6 Å². The minimum absolute atomic E-state index is 0.111. The van der Waals surface area contributed by atoms with Gasteiger partial charge in [-0.2, -0.15) is 0 Å². The van der Waals surface area contributed by atoms with Crippen molar-refractivity contribution in [1.82, 2.24) is 9.47 Å². The SMILES string of the molecule is CC1C(=O)n2c(cc3cc(O)ccc32)C(=O)N1Cc1ccccc1. The van der Waals surface area contributed by atoms with Crippen molar-refractivity contribution >= 4 is 22.7 Å². The third-order valence-electron chi connectivity index (χ3n) is 4.51. The monoisotopic (exact) mass is 320 g/mol. The van der Waals surface area contributed by atoms with Gasteiger partial charge in [-0.05, 0) is 36.8 Å². The van der Waals surface area contributed by atoms with E-state index in [9.17, 15) is 14.7 Å². The van der Waals surface area contributed by atoms with Crippen LogP contribution in [0.2, 0.25) is 0 Å². The van der Waals surface area contributed by atoms with Gasteiger partial charge < -0.3 is 10.0 Å². The number of hydrogen-bond donors (Lipinski definition) is 1. The molecule has 0 fully saturated rings. The number of hydrogen-bond acceptors (Lipinski definition) is 3. The summed E-state index contributed by atoms with van der Waals surface area (Å²) in [5.74, 6) is -0.206. The van der Waals surface area contributed by atoms with Gasteiger partial charge in [-0.3, -0.25) is 14.2 Å². The normalized spacial score (nSPS) is 17.4. The van der Waals surface area contributed by atoms with Crippen molar-refractivity contribution in [3.63, 3.8) is 0 Å². The summed E-state index contributed by atoms with van der Waals surface area (Å²) in [4.78, 5) is 27.3. The van der Waals surface area contributed by atoms with Crippen molar-refractivity contribution in [2.75, 3.05) is 0 Å². The number of phenolic OH excluding ortho intramolecular Hbond substituents is 1. The maximum absolute atomic E-state index is 12.9. The van der Waals surface area contributed by atoms with Crippen molar-refractivity contribution in [3.05, 3.63) is 65.9 Å². The molecule has 4 rings (SSSR count). The molecule has 2 heterocycles. The lowest BCUT2D eigenvalue weighted by Crippen LogP contribution is -2.50.